The molecule has 0 bridgehead atoms. The monoisotopic (exact) mass is 445 g/mol. The molecule has 0 spiro atoms. The largest absolute Gasteiger partial charge is 0.497 e. The zero-order chi connectivity index (χ0) is 22.1. The lowest BCUT2D eigenvalue weighted by Gasteiger charge is -2.13. The first-order valence-corrected chi connectivity index (χ1v) is 10.4. The van der Waals surface area contributed by atoms with Crippen LogP contribution in [-0.2, 0) is 6.54 Å². The van der Waals surface area contributed by atoms with Gasteiger partial charge in [0.1, 0.15) is 23.0 Å². The van der Waals surface area contributed by atoms with Gasteiger partial charge in [0.05, 0.1) is 19.7 Å². The minimum Gasteiger partial charge on any atom is -0.497 e. The molecule has 3 aromatic carbocycles. The van der Waals surface area contributed by atoms with Crippen molar-refractivity contribution in [3.05, 3.63) is 77.3 Å². The molecule has 0 saturated carbocycles. The van der Waals surface area contributed by atoms with Gasteiger partial charge in [-0.1, -0.05) is 41.1 Å². The van der Waals surface area contributed by atoms with Crippen LogP contribution in [0.25, 0.3) is 27.8 Å². The molecule has 2 heterocycles. The number of nitrogens with one attached hydrogen (secondary N) is 1. The van der Waals surface area contributed by atoms with E-state index in [-0.39, 0.29) is 0 Å². The summed E-state index contributed by atoms with van der Waals surface area (Å²) >= 11 is 6.20. The maximum atomic E-state index is 6.20. The van der Waals surface area contributed by atoms with E-state index in [1.807, 2.05) is 66.7 Å². The van der Waals surface area contributed by atoms with Gasteiger partial charge in [0.25, 0.3) is 0 Å². The van der Waals surface area contributed by atoms with E-state index < -0.39 is 0 Å². The molecule has 160 valence electrons. The molecular weight excluding hydrogens is 426 g/mol. The maximum absolute atomic E-state index is 6.20. The van der Waals surface area contributed by atoms with E-state index in [1.54, 1.807) is 18.7 Å². The number of hydrogen-bond acceptors (Lipinski definition) is 6. The predicted octanol–water partition coefficient (Wildman–Crippen LogP) is 5.23. The summed E-state index contributed by atoms with van der Waals surface area (Å²) in [5, 5.41) is 13.8. The number of anilines is 1. The molecule has 5 rings (SSSR count). The zero-order valence-corrected chi connectivity index (χ0v) is 18.3. The molecule has 0 aliphatic carbocycles. The Kier molecular flexibility index (Phi) is 5.25. The fourth-order valence-electron chi connectivity index (χ4n) is 3.70. The molecule has 5 aromatic rings. The highest BCUT2D eigenvalue weighted by Gasteiger charge is 2.16. The standard InChI is InChI=1S/C24H20ClN5O2/c1-31-18-11-10-16(21(13-18)32-2)14-26-23-19-8-3-4-9-20(19)30-24(27-23)22(28-29-30)15-6-5-7-17(25)12-15/h3-13H,14H2,1-2H3,(H,26,27). The zero-order valence-electron chi connectivity index (χ0n) is 17.5. The van der Waals surface area contributed by atoms with E-state index in [4.69, 9.17) is 26.1 Å². The number of rotatable bonds is 6. The summed E-state index contributed by atoms with van der Waals surface area (Å²) in [6, 6.07) is 21.2. The lowest BCUT2D eigenvalue weighted by Crippen LogP contribution is -2.06. The fourth-order valence-corrected chi connectivity index (χ4v) is 3.89. The second kappa shape index (κ2) is 8.36. The minimum atomic E-state index is 0.522. The summed E-state index contributed by atoms with van der Waals surface area (Å²) in [5.41, 5.74) is 4.07. The van der Waals surface area contributed by atoms with Crippen LogP contribution in [0.1, 0.15) is 5.56 Å². The van der Waals surface area contributed by atoms with Crippen molar-refractivity contribution in [2.24, 2.45) is 0 Å². The molecule has 8 heteroatoms. The molecule has 32 heavy (non-hydrogen) atoms. The third kappa shape index (κ3) is 3.56. The van der Waals surface area contributed by atoms with Crippen LogP contribution in [-0.4, -0.2) is 34.0 Å². The third-order valence-corrected chi connectivity index (χ3v) is 5.53. The average Bonchev–Trinajstić information content (AvgIpc) is 3.26. The number of hydrogen-bond donors (Lipinski definition) is 1. The van der Waals surface area contributed by atoms with Crippen LogP contribution in [0.15, 0.2) is 66.7 Å². The van der Waals surface area contributed by atoms with E-state index in [2.05, 4.69) is 15.6 Å². The molecule has 0 fully saturated rings. The molecule has 0 unspecified atom stereocenters. The number of aromatic nitrogens is 4. The second-order valence-electron chi connectivity index (χ2n) is 7.19. The van der Waals surface area contributed by atoms with Gasteiger partial charge >= 0.3 is 0 Å². The first kappa shape index (κ1) is 20.1. The Balaban J connectivity index is 1.60. The maximum Gasteiger partial charge on any atom is 0.186 e. The minimum absolute atomic E-state index is 0.522. The van der Waals surface area contributed by atoms with Crippen molar-refractivity contribution in [1.29, 1.82) is 0 Å². The Bertz CT molecular complexity index is 1430. The molecule has 1 N–H and O–H groups in total. The Morgan fingerprint density at radius 1 is 0.969 bits per heavy atom. The summed E-state index contributed by atoms with van der Waals surface area (Å²) in [4.78, 5) is 4.89. The van der Waals surface area contributed by atoms with E-state index >= 15 is 0 Å². The second-order valence-corrected chi connectivity index (χ2v) is 7.63. The van der Waals surface area contributed by atoms with Gasteiger partial charge in [0.15, 0.2) is 5.65 Å². The van der Waals surface area contributed by atoms with Gasteiger partial charge in [-0.2, -0.15) is 4.52 Å². The Hall–Kier alpha value is -3.84. The summed E-state index contributed by atoms with van der Waals surface area (Å²) in [5.74, 6) is 2.22. The first-order chi connectivity index (χ1) is 15.7. The lowest BCUT2D eigenvalue weighted by molar-refractivity contribution is 0.391. The van der Waals surface area contributed by atoms with Crippen LogP contribution in [0, 0.1) is 0 Å². The van der Waals surface area contributed by atoms with Crippen molar-refractivity contribution in [3.63, 3.8) is 0 Å². The van der Waals surface area contributed by atoms with Crippen LogP contribution in [0.3, 0.4) is 0 Å². The smallest absolute Gasteiger partial charge is 0.186 e. The van der Waals surface area contributed by atoms with E-state index in [0.29, 0.717) is 22.9 Å². The molecule has 0 atom stereocenters. The quantitative estimate of drug-likeness (QED) is 0.386. The van der Waals surface area contributed by atoms with Gasteiger partial charge in [-0.25, -0.2) is 4.98 Å². The number of nitrogens with zero attached hydrogens (tertiary/aromatic N) is 4. The molecule has 7 nitrogen and oxygen atoms in total. The number of benzene rings is 3. The van der Waals surface area contributed by atoms with E-state index in [0.717, 1.165) is 39.3 Å². The molecular formula is C24H20ClN5O2. The lowest BCUT2D eigenvalue weighted by atomic mass is 10.1. The van der Waals surface area contributed by atoms with Gasteiger partial charge in [-0.15, -0.1) is 5.10 Å². The Morgan fingerprint density at radius 2 is 1.84 bits per heavy atom. The van der Waals surface area contributed by atoms with Crippen LogP contribution >= 0.6 is 11.6 Å². The average molecular weight is 446 g/mol. The summed E-state index contributed by atoms with van der Waals surface area (Å²) < 4.78 is 12.6. The molecule has 0 aliphatic heterocycles. The van der Waals surface area contributed by atoms with Crippen molar-refractivity contribution < 1.29 is 9.47 Å². The topological polar surface area (TPSA) is 73.6 Å². The highest BCUT2D eigenvalue weighted by molar-refractivity contribution is 6.30. The summed E-state index contributed by atoms with van der Waals surface area (Å²) in [6.45, 7) is 0.522. The Morgan fingerprint density at radius 3 is 2.66 bits per heavy atom. The SMILES string of the molecule is COc1ccc(CNc2nc3c(-c4cccc(Cl)c4)nnn3c3ccccc23)c(OC)c1. The normalized spacial score (nSPS) is 11.1. The predicted molar refractivity (Wildman–Crippen MR) is 126 cm³/mol. The van der Waals surface area contributed by atoms with Crippen molar-refractivity contribution in [2.45, 2.75) is 6.54 Å². The molecule has 0 saturated heterocycles. The third-order valence-electron chi connectivity index (χ3n) is 5.29. The van der Waals surface area contributed by atoms with Crippen molar-refractivity contribution in [2.75, 3.05) is 19.5 Å². The highest BCUT2D eigenvalue weighted by atomic mass is 35.5. The van der Waals surface area contributed by atoms with E-state index in [1.165, 1.54) is 0 Å². The molecule has 0 amide bonds. The van der Waals surface area contributed by atoms with Crippen LogP contribution in [0.2, 0.25) is 5.02 Å². The first-order valence-electron chi connectivity index (χ1n) is 10.0. The number of halogens is 1. The van der Waals surface area contributed by atoms with Crippen LogP contribution < -0.4 is 14.8 Å². The van der Waals surface area contributed by atoms with Crippen molar-refractivity contribution >= 4 is 34.0 Å². The molecule has 0 aliphatic rings. The van der Waals surface area contributed by atoms with Crippen molar-refractivity contribution in [3.8, 4) is 22.8 Å². The number of fused-ring (bicyclic) bond motifs is 3. The van der Waals surface area contributed by atoms with Crippen molar-refractivity contribution in [1.82, 2.24) is 19.8 Å². The van der Waals surface area contributed by atoms with Crippen LogP contribution in [0.4, 0.5) is 5.82 Å². The van der Waals surface area contributed by atoms with Gasteiger partial charge in [-0.3, -0.25) is 0 Å². The van der Waals surface area contributed by atoms with Gasteiger partial charge in [0.2, 0.25) is 0 Å². The summed E-state index contributed by atoms with van der Waals surface area (Å²) in [7, 11) is 3.28. The van der Waals surface area contributed by atoms with E-state index in [9.17, 15) is 0 Å². The number of para-hydroxylation sites is 1. The molecule has 2 aromatic heterocycles. The van der Waals surface area contributed by atoms with Crippen LogP contribution in [0.5, 0.6) is 11.5 Å². The number of ether oxygens (including phenoxy) is 2. The fraction of sp³-hybridized carbons (Fsp3) is 0.125. The van der Waals surface area contributed by atoms with Gasteiger partial charge in [0, 0.05) is 34.1 Å². The van der Waals surface area contributed by atoms with Gasteiger partial charge in [-0.05, 0) is 36.4 Å². The van der Waals surface area contributed by atoms with Gasteiger partial charge < -0.3 is 14.8 Å². The number of methoxy groups -OCH3 is 2. The Labute approximate surface area is 189 Å². The summed E-state index contributed by atoms with van der Waals surface area (Å²) in [6.07, 6.45) is 0. The highest BCUT2D eigenvalue weighted by Crippen LogP contribution is 2.30. The molecule has 0 radical (unpaired) electrons.